The molecule has 0 saturated carbocycles. The lowest BCUT2D eigenvalue weighted by atomic mass is 10.1. The monoisotopic (exact) mass is 480 g/mol. The molecule has 0 aliphatic rings. The first-order valence-corrected chi connectivity index (χ1v) is 10.7. The van der Waals surface area contributed by atoms with Gasteiger partial charge in [-0.15, -0.1) is 0 Å². The number of benzene rings is 2. The second-order valence-electron chi connectivity index (χ2n) is 6.43. The third-order valence-electron chi connectivity index (χ3n) is 4.25. The van der Waals surface area contributed by atoms with E-state index in [2.05, 4.69) is 20.0 Å². The van der Waals surface area contributed by atoms with Crippen molar-refractivity contribution in [3.05, 3.63) is 57.5 Å². The SMILES string of the molecule is COc1cc(CNC(C)=Cc2nsc(Nc3ccc(Cl)c(Cl)c3)n2)cc(OC)c1OC. The molecule has 0 fully saturated rings. The fraction of sp³-hybridized carbons (Fsp3) is 0.238. The Balaban J connectivity index is 1.65. The van der Waals surface area contributed by atoms with E-state index in [1.807, 2.05) is 31.2 Å². The average Bonchev–Trinajstić information content (AvgIpc) is 3.20. The molecule has 0 aliphatic heterocycles. The van der Waals surface area contributed by atoms with E-state index in [4.69, 9.17) is 37.4 Å². The molecule has 3 rings (SSSR count). The molecule has 164 valence electrons. The lowest BCUT2D eigenvalue weighted by Gasteiger charge is -2.14. The van der Waals surface area contributed by atoms with Gasteiger partial charge in [0, 0.05) is 35.5 Å². The molecular weight excluding hydrogens is 459 g/mol. The van der Waals surface area contributed by atoms with Crippen LogP contribution in [-0.2, 0) is 6.54 Å². The Kier molecular flexibility index (Phi) is 7.84. The Morgan fingerprint density at radius 3 is 2.35 bits per heavy atom. The highest BCUT2D eigenvalue weighted by molar-refractivity contribution is 7.09. The Morgan fingerprint density at radius 1 is 1.03 bits per heavy atom. The van der Waals surface area contributed by atoms with Crippen molar-refractivity contribution in [2.24, 2.45) is 0 Å². The third kappa shape index (κ3) is 5.94. The fourth-order valence-corrected chi connectivity index (χ4v) is 3.63. The molecule has 0 amide bonds. The van der Waals surface area contributed by atoms with Gasteiger partial charge in [-0.05, 0) is 42.8 Å². The molecule has 7 nitrogen and oxygen atoms in total. The highest BCUT2D eigenvalue weighted by Crippen LogP contribution is 2.38. The number of ether oxygens (including phenoxy) is 3. The van der Waals surface area contributed by atoms with Gasteiger partial charge in [-0.2, -0.15) is 9.36 Å². The van der Waals surface area contributed by atoms with E-state index >= 15 is 0 Å². The third-order valence-corrected chi connectivity index (χ3v) is 5.64. The number of hydrogen-bond acceptors (Lipinski definition) is 8. The van der Waals surface area contributed by atoms with Crippen molar-refractivity contribution in [3.8, 4) is 17.2 Å². The van der Waals surface area contributed by atoms with Gasteiger partial charge in [0.2, 0.25) is 10.9 Å². The Hall–Kier alpha value is -2.68. The van der Waals surface area contributed by atoms with Gasteiger partial charge in [0.1, 0.15) is 0 Å². The molecule has 0 spiro atoms. The predicted molar refractivity (Wildman–Crippen MR) is 126 cm³/mol. The minimum Gasteiger partial charge on any atom is -0.493 e. The first-order valence-electron chi connectivity index (χ1n) is 9.20. The van der Waals surface area contributed by atoms with E-state index < -0.39 is 0 Å². The second-order valence-corrected chi connectivity index (χ2v) is 7.99. The molecule has 1 heterocycles. The molecule has 3 aromatic rings. The summed E-state index contributed by atoms with van der Waals surface area (Å²) >= 11 is 13.3. The minimum atomic E-state index is 0.475. The molecular formula is C21H22Cl2N4O3S. The number of nitrogens with zero attached hydrogens (tertiary/aromatic N) is 2. The van der Waals surface area contributed by atoms with E-state index in [0.717, 1.165) is 16.9 Å². The van der Waals surface area contributed by atoms with Gasteiger partial charge in [-0.25, -0.2) is 0 Å². The highest BCUT2D eigenvalue weighted by Gasteiger charge is 2.13. The van der Waals surface area contributed by atoms with E-state index in [1.165, 1.54) is 11.5 Å². The predicted octanol–water partition coefficient (Wildman–Crippen LogP) is 5.76. The average molecular weight is 481 g/mol. The van der Waals surface area contributed by atoms with Crippen molar-refractivity contribution in [1.29, 1.82) is 0 Å². The molecule has 1 aromatic heterocycles. The number of hydrogen-bond donors (Lipinski definition) is 2. The summed E-state index contributed by atoms with van der Waals surface area (Å²) in [5, 5.41) is 8.15. The van der Waals surface area contributed by atoms with Gasteiger partial charge in [0.15, 0.2) is 17.3 Å². The Morgan fingerprint density at radius 2 is 1.74 bits per heavy atom. The highest BCUT2D eigenvalue weighted by atomic mass is 35.5. The maximum atomic E-state index is 6.05. The van der Waals surface area contributed by atoms with Crippen LogP contribution in [0.2, 0.25) is 10.0 Å². The Bertz CT molecular complexity index is 1060. The molecule has 2 N–H and O–H groups in total. The second kappa shape index (κ2) is 10.6. The molecule has 2 aromatic carbocycles. The maximum absolute atomic E-state index is 6.05. The van der Waals surface area contributed by atoms with Gasteiger partial charge < -0.3 is 24.8 Å². The number of rotatable bonds is 9. The van der Waals surface area contributed by atoms with Crippen LogP contribution in [0.1, 0.15) is 18.3 Å². The molecule has 0 saturated heterocycles. The lowest BCUT2D eigenvalue weighted by molar-refractivity contribution is 0.323. The maximum Gasteiger partial charge on any atom is 0.207 e. The summed E-state index contributed by atoms with van der Waals surface area (Å²) in [7, 11) is 4.77. The van der Waals surface area contributed by atoms with Crippen molar-refractivity contribution < 1.29 is 14.2 Å². The summed E-state index contributed by atoms with van der Waals surface area (Å²) in [6.07, 6.45) is 1.87. The van der Waals surface area contributed by atoms with Gasteiger partial charge in [0.25, 0.3) is 0 Å². The number of aromatic nitrogens is 2. The largest absolute Gasteiger partial charge is 0.493 e. The van der Waals surface area contributed by atoms with Crippen molar-refractivity contribution in [1.82, 2.24) is 14.7 Å². The van der Waals surface area contributed by atoms with Crippen molar-refractivity contribution in [2.45, 2.75) is 13.5 Å². The van der Waals surface area contributed by atoms with Crippen LogP contribution in [-0.4, -0.2) is 30.7 Å². The fourth-order valence-electron chi connectivity index (χ4n) is 2.77. The smallest absolute Gasteiger partial charge is 0.207 e. The minimum absolute atomic E-state index is 0.475. The first kappa shape index (κ1) is 23.0. The number of methoxy groups -OCH3 is 3. The molecule has 0 atom stereocenters. The summed E-state index contributed by atoms with van der Waals surface area (Å²) in [5.74, 6) is 2.39. The van der Waals surface area contributed by atoms with Crippen LogP contribution in [0.5, 0.6) is 17.2 Å². The van der Waals surface area contributed by atoms with Gasteiger partial charge >= 0.3 is 0 Å². The van der Waals surface area contributed by atoms with Crippen LogP contribution in [0.3, 0.4) is 0 Å². The number of halogens is 2. The standard InChI is InChI=1S/C21H22Cl2N4O3S/c1-12(24-11-13-8-17(28-2)20(30-4)18(9-13)29-3)7-19-26-21(31-27-19)25-14-5-6-15(22)16(23)10-14/h5-10,24H,11H2,1-4H3,(H,25,26,27). The molecule has 31 heavy (non-hydrogen) atoms. The zero-order valence-electron chi connectivity index (χ0n) is 17.5. The zero-order chi connectivity index (χ0) is 22.4. The van der Waals surface area contributed by atoms with Crippen LogP contribution in [0.15, 0.2) is 36.0 Å². The number of nitrogens with one attached hydrogen (secondary N) is 2. The van der Waals surface area contributed by atoms with Crippen LogP contribution in [0.4, 0.5) is 10.8 Å². The van der Waals surface area contributed by atoms with Crippen LogP contribution in [0, 0.1) is 0 Å². The van der Waals surface area contributed by atoms with Crippen molar-refractivity contribution in [2.75, 3.05) is 26.6 Å². The zero-order valence-corrected chi connectivity index (χ0v) is 19.8. The normalized spacial score (nSPS) is 11.2. The van der Waals surface area contributed by atoms with Crippen LogP contribution < -0.4 is 24.8 Å². The lowest BCUT2D eigenvalue weighted by Crippen LogP contribution is -2.11. The summed E-state index contributed by atoms with van der Waals surface area (Å²) in [5.41, 5.74) is 2.68. The number of anilines is 2. The van der Waals surface area contributed by atoms with E-state index in [1.54, 1.807) is 33.5 Å². The van der Waals surface area contributed by atoms with Crippen LogP contribution in [0.25, 0.3) is 6.08 Å². The molecule has 0 unspecified atom stereocenters. The summed E-state index contributed by atoms with van der Waals surface area (Å²) in [4.78, 5) is 4.48. The van der Waals surface area contributed by atoms with Crippen LogP contribution >= 0.6 is 34.7 Å². The Labute approximate surface area is 195 Å². The quantitative estimate of drug-likeness (QED) is 0.402. The molecule has 0 aliphatic carbocycles. The molecule has 10 heteroatoms. The van der Waals surface area contributed by atoms with Gasteiger partial charge in [-0.1, -0.05) is 23.2 Å². The topological polar surface area (TPSA) is 77.5 Å². The van der Waals surface area contributed by atoms with E-state index in [-0.39, 0.29) is 0 Å². The first-order chi connectivity index (χ1) is 14.9. The van der Waals surface area contributed by atoms with E-state index in [9.17, 15) is 0 Å². The molecule has 0 radical (unpaired) electrons. The summed E-state index contributed by atoms with van der Waals surface area (Å²) < 4.78 is 20.5. The summed E-state index contributed by atoms with van der Waals surface area (Å²) in [6, 6.07) is 9.11. The molecule has 0 bridgehead atoms. The van der Waals surface area contributed by atoms with Crippen molar-refractivity contribution >= 4 is 51.6 Å². The van der Waals surface area contributed by atoms with Crippen molar-refractivity contribution in [3.63, 3.8) is 0 Å². The van der Waals surface area contributed by atoms with E-state index in [0.29, 0.717) is 44.8 Å². The van der Waals surface area contributed by atoms with Gasteiger partial charge in [-0.3, -0.25) is 0 Å². The van der Waals surface area contributed by atoms with Gasteiger partial charge in [0.05, 0.1) is 31.4 Å². The summed E-state index contributed by atoms with van der Waals surface area (Å²) in [6.45, 7) is 2.52. The number of allylic oxidation sites excluding steroid dienone is 1.